The Morgan fingerprint density at radius 3 is 2.72 bits per heavy atom. The highest BCUT2D eigenvalue weighted by Gasteiger charge is 2.11. The van der Waals surface area contributed by atoms with Crippen LogP contribution in [0, 0.1) is 0 Å². The molecule has 0 aliphatic rings. The fourth-order valence-corrected chi connectivity index (χ4v) is 1.67. The fourth-order valence-electron chi connectivity index (χ4n) is 1.31. The Hall–Kier alpha value is -1.56. The van der Waals surface area contributed by atoms with Gasteiger partial charge in [-0.3, -0.25) is 9.59 Å². The molecule has 0 saturated heterocycles. The monoisotopic (exact) mass is 313 g/mol. The fraction of sp³-hybridized carbons (Fsp3) is 0.333. The van der Waals surface area contributed by atoms with E-state index in [1.165, 1.54) is 0 Å². The molecule has 0 saturated carbocycles. The van der Waals surface area contributed by atoms with Crippen molar-refractivity contribution in [3.8, 4) is 0 Å². The molecule has 1 rings (SSSR count). The largest absolute Gasteiger partial charge is 0.398 e. The number of hydrogen-bond donors (Lipinski definition) is 3. The third-order valence-electron chi connectivity index (χ3n) is 2.24. The minimum atomic E-state index is -0.361. The highest BCUT2D eigenvalue weighted by Crippen LogP contribution is 2.18. The molecular formula is C12H16BrN3O2. The molecule has 18 heavy (non-hydrogen) atoms. The molecule has 0 unspecified atom stereocenters. The minimum absolute atomic E-state index is 0.0508. The molecule has 0 bridgehead atoms. The summed E-state index contributed by atoms with van der Waals surface area (Å²) in [5.74, 6) is -0.570. The standard InChI is InChI=1S/C12H16BrN3O2/c1-2-5-15-11(17)7-16-12(18)9-6-8(13)3-4-10(9)14/h3-4,6H,2,5,7,14H2,1H3,(H,15,17)(H,16,18). The summed E-state index contributed by atoms with van der Waals surface area (Å²) >= 11 is 3.26. The highest BCUT2D eigenvalue weighted by molar-refractivity contribution is 9.10. The van der Waals surface area contributed by atoms with E-state index in [0.717, 1.165) is 10.9 Å². The van der Waals surface area contributed by atoms with Crippen LogP contribution in [-0.4, -0.2) is 24.9 Å². The van der Waals surface area contributed by atoms with Crippen molar-refractivity contribution < 1.29 is 9.59 Å². The van der Waals surface area contributed by atoms with Crippen molar-refractivity contribution in [3.63, 3.8) is 0 Å². The van der Waals surface area contributed by atoms with E-state index in [-0.39, 0.29) is 18.4 Å². The van der Waals surface area contributed by atoms with Gasteiger partial charge in [-0.05, 0) is 24.6 Å². The molecule has 5 nitrogen and oxygen atoms in total. The average Bonchev–Trinajstić information content (AvgIpc) is 2.36. The lowest BCUT2D eigenvalue weighted by molar-refractivity contribution is -0.120. The Morgan fingerprint density at radius 2 is 2.06 bits per heavy atom. The van der Waals surface area contributed by atoms with Crippen LogP contribution in [-0.2, 0) is 4.79 Å². The number of anilines is 1. The topological polar surface area (TPSA) is 84.2 Å². The van der Waals surface area contributed by atoms with Crippen molar-refractivity contribution >= 4 is 33.4 Å². The number of halogens is 1. The molecule has 2 amide bonds. The second-order valence-electron chi connectivity index (χ2n) is 3.76. The summed E-state index contributed by atoms with van der Waals surface area (Å²) in [4.78, 5) is 23.1. The highest BCUT2D eigenvalue weighted by atomic mass is 79.9. The SMILES string of the molecule is CCCNC(=O)CNC(=O)c1cc(Br)ccc1N. The Morgan fingerprint density at radius 1 is 1.33 bits per heavy atom. The zero-order valence-corrected chi connectivity index (χ0v) is 11.7. The summed E-state index contributed by atoms with van der Waals surface area (Å²) in [6.07, 6.45) is 0.859. The molecule has 0 atom stereocenters. The zero-order chi connectivity index (χ0) is 13.5. The Labute approximate surface area is 114 Å². The lowest BCUT2D eigenvalue weighted by Crippen LogP contribution is -2.37. The van der Waals surface area contributed by atoms with Crippen LogP contribution in [0.5, 0.6) is 0 Å². The van der Waals surface area contributed by atoms with Crippen molar-refractivity contribution in [2.24, 2.45) is 0 Å². The van der Waals surface area contributed by atoms with Crippen molar-refractivity contribution in [2.45, 2.75) is 13.3 Å². The summed E-state index contributed by atoms with van der Waals surface area (Å²) in [5, 5.41) is 5.19. The van der Waals surface area contributed by atoms with Crippen molar-refractivity contribution in [1.82, 2.24) is 10.6 Å². The predicted molar refractivity (Wildman–Crippen MR) is 74.2 cm³/mol. The normalized spacial score (nSPS) is 9.89. The molecule has 0 spiro atoms. The van der Waals surface area contributed by atoms with E-state index in [0.29, 0.717) is 17.8 Å². The third kappa shape index (κ3) is 4.37. The van der Waals surface area contributed by atoms with Gasteiger partial charge in [0.15, 0.2) is 0 Å². The molecule has 0 aliphatic carbocycles. The first-order valence-corrected chi connectivity index (χ1v) is 6.43. The van der Waals surface area contributed by atoms with Gasteiger partial charge < -0.3 is 16.4 Å². The number of rotatable bonds is 5. The summed E-state index contributed by atoms with van der Waals surface area (Å²) < 4.78 is 0.761. The summed E-state index contributed by atoms with van der Waals surface area (Å²) in [6, 6.07) is 5.00. The first kappa shape index (κ1) is 14.5. The van der Waals surface area contributed by atoms with E-state index in [1.807, 2.05) is 6.92 Å². The Balaban J connectivity index is 2.55. The van der Waals surface area contributed by atoms with Crippen LogP contribution in [0.25, 0.3) is 0 Å². The summed E-state index contributed by atoms with van der Waals surface area (Å²) in [6.45, 7) is 2.51. The van der Waals surface area contributed by atoms with E-state index < -0.39 is 0 Å². The second-order valence-corrected chi connectivity index (χ2v) is 4.68. The molecule has 0 aromatic heterocycles. The minimum Gasteiger partial charge on any atom is -0.398 e. The van der Waals surface area contributed by atoms with Gasteiger partial charge in [0, 0.05) is 16.7 Å². The van der Waals surface area contributed by atoms with Crippen LogP contribution in [0.1, 0.15) is 23.7 Å². The summed E-state index contributed by atoms with van der Waals surface area (Å²) in [5.41, 5.74) is 6.43. The van der Waals surface area contributed by atoms with E-state index in [1.54, 1.807) is 18.2 Å². The first-order valence-electron chi connectivity index (χ1n) is 5.64. The number of nitrogen functional groups attached to an aromatic ring is 1. The number of hydrogen-bond acceptors (Lipinski definition) is 3. The molecule has 0 fully saturated rings. The number of amides is 2. The van der Waals surface area contributed by atoms with Crippen molar-refractivity contribution in [1.29, 1.82) is 0 Å². The number of nitrogens with one attached hydrogen (secondary N) is 2. The van der Waals surface area contributed by atoms with E-state index >= 15 is 0 Å². The predicted octanol–water partition coefficient (Wildman–Crippen LogP) is 1.29. The van der Waals surface area contributed by atoms with Gasteiger partial charge in [-0.1, -0.05) is 22.9 Å². The molecule has 98 valence electrons. The van der Waals surface area contributed by atoms with Crippen LogP contribution in [0.2, 0.25) is 0 Å². The van der Waals surface area contributed by atoms with Gasteiger partial charge in [0.05, 0.1) is 12.1 Å². The lowest BCUT2D eigenvalue weighted by Gasteiger charge is -2.08. The first-order chi connectivity index (χ1) is 8.54. The Kier molecular flexibility index (Phi) is 5.64. The van der Waals surface area contributed by atoms with Gasteiger partial charge in [-0.25, -0.2) is 0 Å². The van der Waals surface area contributed by atoms with Crippen LogP contribution >= 0.6 is 15.9 Å². The number of carbonyl (C=O) groups is 2. The molecule has 1 aromatic carbocycles. The molecule has 4 N–H and O–H groups in total. The summed E-state index contributed by atoms with van der Waals surface area (Å²) in [7, 11) is 0. The van der Waals surface area contributed by atoms with E-state index in [2.05, 4.69) is 26.6 Å². The number of benzene rings is 1. The third-order valence-corrected chi connectivity index (χ3v) is 2.73. The molecule has 0 heterocycles. The maximum atomic E-state index is 11.8. The van der Waals surface area contributed by atoms with Gasteiger partial charge in [-0.15, -0.1) is 0 Å². The molecule has 0 radical (unpaired) electrons. The van der Waals surface area contributed by atoms with Crippen LogP contribution in [0.15, 0.2) is 22.7 Å². The van der Waals surface area contributed by atoms with Gasteiger partial charge >= 0.3 is 0 Å². The zero-order valence-electron chi connectivity index (χ0n) is 10.1. The maximum Gasteiger partial charge on any atom is 0.253 e. The Bertz CT molecular complexity index is 449. The molecule has 0 aliphatic heterocycles. The van der Waals surface area contributed by atoms with E-state index in [9.17, 15) is 9.59 Å². The van der Waals surface area contributed by atoms with Crippen molar-refractivity contribution in [2.75, 3.05) is 18.8 Å². The molecule has 1 aromatic rings. The van der Waals surface area contributed by atoms with Crippen LogP contribution in [0.4, 0.5) is 5.69 Å². The van der Waals surface area contributed by atoms with E-state index in [4.69, 9.17) is 5.73 Å². The average molecular weight is 314 g/mol. The number of nitrogens with two attached hydrogens (primary N) is 1. The smallest absolute Gasteiger partial charge is 0.253 e. The molecular weight excluding hydrogens is 298 g/mol. The lowest BCUT2D eigenvalue weighted by atomic mass is 10.1. The van der Waals surface area contributed by atoms with Gasteiger partial charge in [0.2, 0.25) is 5.91 Å². The van der Waals surface area contributed by atoms with Gasteiger partial charge in [-0.2, -0.15) is 0 Å². The maximum absolute atomic E-state index is 11.8. The second kappa shape index (κ2) is 7.00. The van der Waals surface area contributed by atoms with Gasteiger partial charge in [0.25, 0.3) is 5.91 Å². The van der Waals surface area contributed by atoms with Crippen molar-refractivity contribution in [3.05, 3.63) is 28.2 Å². The molecule has 6 heteroatoms. The quantitative estimate of drug-likeness (QED) is 0.716. The number of carbonyl (C=O) groups excluding carboxylic acids is 2. The van der Waals surface area contributed by atoms with Gasteiger partial charge in [0.1, 0.15) is 0 Å². The van der Waals surface area contributed by atoms with Crippen LogP contribution < -0.4 is 16.4 Å². The van der Waals surface area contributed by atoms with Crippen LogP contribution in [0.3, 0.4) is 0 Å².